The molecule has 0 spiro atoms. The highest BCUT2D eigenvalue weighted by molar-refractivity contribution is 6.50. The molecule has 0 fully saturated rings. The number of ether oxygens (including phenoxy) is 2. The molecule has 0 unspecified atom stereocenters. The van der Waals surface area contributed by atoms with E-state index in [-0.39, 0.29) is 5.41 Å². The van der Waals surface area contributed by atoms with Gasteiger partial charge in [-0.15, -0.1) is 10.2 Å². The van der Waals surface area contributed by atoms with Gasteiger partial charge in [-0.3, -0.25) is 0 Å². The summed E-state index contributed by atoms with van der Waals surface area (Å²) in [5.41, 5.74) is 5.35. The van der Waals surface area contributed by atoms with Crippen LogP contribution in [0.3, 0.4) is 0 Å². The van der Waals surface area contributed by atoms with Crippen molar-refractivity contribution >= 4 is 22.8 Å². The number of nitrogens with zero attached hydrogens (tertiary/aromatic N) is 6. The standard InChI is InChI=1S/C29H38N6O2/c1-9-11-16-34(10-2)20-12-14-23(19(3)17-20)30-25-26(29(4,5)6)33-35-27(31-32-28(25)35)22-18-21(36-7)13-15-24(22)37-8/h12-15,17-18H,9-11,16H2,1-8H3/b30-25-. The summed E-state index contributed by atoms with van der Waals surface area (Å²) in [6.07, 6.45) is 2.36. The van der Waals surface area contributed by atoms with Crippen molar-refractivity contribution < 1.29 is 9.47 Å². The molecule has 4 rings (SSSR count). The normalized spacial score (nSPS) is 14.1. The van der Waals surface area contributed by atoms with Gasteiger partial charge in [0.05, 0.1) is 31.2 Å². The minimum Gasteiger partial charge on any atom is -0.497 e. The maximum atomic E-state index is 5.61. The van der Waals surface area contributed by atoms with Crippen LogP contribution in [0, 0.1) is 12.3 Å². The van der Waals surface area contributed by atoms with E-state index in [1.807, 2.05) is 18.2 Å². The van der Waals surface area contributed by atoms with Crippen LogP contribution in [-0.4, -0.2) is 53.6 Å². The molecule has 0 amide bonds. The largest absolute Gasteiger partial charge is 0.497 e. The molecule has 0 N–H and O–H groups in total. The van der Waals surface area contributed by atoms with E-state index < -0.39 is 0 Å². The first-order chi connectivity index (χ1) is 17.7. The van der Waals surface area contributed by atoms with Crippen molar-refractivity contribution in [2.75, 3.05) is 32.2 Å². The summed E-state index contributed by atoms with van der Waals surface area (Å²) in [7, 11) is 3.27. The smallest absolute Gasteiger partial charge is 0.205 e. The van der Waals surface area contributed by atoms with E-state index in [0.717, 1.165) is 41.3 Å². The molecule has 0 saturated heterocycles. The van der Waals surface area contributed by atoms with E-state index in [2.05, 4.69) is 74.8 Å². The molecule has 37 heavy (non-hydrogen) atoms. The zero-order valence-electron chi connectivity index (χ0n) is 23.3. The Hall–Kier alpha value is -3.68. The van der Waals surface area contributed by atoms with Crippen molar-refractivity contribution in [2.45, 2.75) is 54.4 Å². The van der Waals surface area contributed by atoms with E-state index in [1.165, 1.54) is 18.5 Å². The topological polar surface area (TPSA) is 77.1 Å². The highest BCUT2D eigenvalue weighted by Crippen LogP contribution is 2.36. The molecule has 0 aliphatic carbocycles. The monoisotopic (exact) mass is 502 g/mol. The molecule has 2 heterocycles. The average Bonchev–Trinajstić information content (AvgIpc) is 3.45. The van der Waals surface area contributed by atoms with Gasteiger partial charge in [0.2, 0.25) is 5.82 Å². The first-order valence-corrected chi connectivity index (χ1v) is 12.9. The second kappa shape index (κ2) is 10.7. The predicted octanol–water partition coefficient (Wildman–Crippen LogP) is 6.28. The SMILES string of the molecule is CCCCN(CC)c1ccc(/N=C2/C(C(C)(C)C)=Nn3c2nnc3-c2cc(OC)ccc2OC)c(C)c1. The Morgan fingerprint density at radius 3 is 2.35 bits per heavy atom. The molecule has 0 saturated carbocycles. The van der Waals surface area contributed by atoms with Gasteiger partial charge in [-0.25, -0.2) is 4.99 Å². The third-order valence-electron chi connectivity index (χ3n) is 6.58. The van der Waals surface area contributed by atoms with Gasteiger partial charge in [0.1, 0.15) is 17.2 Å². The molecule has 3 aromatic rings. The first-order valence-electron chi connectivity index (χ1n) is 12.9. The molecule has 0 atom stereocenters. The number of hydrogen-bond donors (Lipinski definition) is 0. The van der Waals surface area contributed by atoms with Crippen molar-refractivity contribution in [1.82, 2.24) is 14.9 Å². The summed E-state index contributed by atoms with van der Waals surface area (Å²) in [6, 6.07) is 12.1. The van der Waals surface area contributed by atoms with Crippen molar-refractivity contribution in [1.29, 1.82) is 0 Å². The van der Waals surface area contributed by atoms with Gasteiger partial charge in [-0.1, -0.05) is 34.1 Å². The number of anilines is 1. The zero-order valence-corrected chi connectivity index (χ0v) is 23.3. The lowest BCUT2D eigenvalue weighted by molar-refractivity contribution is 0.404. The summed E-state index contributed by atoms with van der Waals surface area (Å²) in [5, 5.41) is 14.0. The van der Waals surface area contributed by atoms with E-state index in [9.17, 15) is 0 Å². The Morgan fingerprint density at radius 1 is 0.973 bits per heavy atom. The molecule has 1 aliphatic heterocycles. The van der Waals surface area contributed by atoms with Crippen LogP contribution in [0.1, 0.15) is 58.8 Å². The number of hydrogen-bond acceptors (Lipinski definition) is 7. The summed E-state index contributed by atoms with van der Waals surface area (Å²) in [5.74, 6) is 2.57. The molecule has 196 valence electrons. The minimum atomic E-state index is -0.248. The highest BCUT2D eigenvalue weighted by Gasteiger charge is 2.36. The van der Waals surface area contributed by atoms with Gasteiger partial charge in [0.25, 0.3) is 0 Å². The lowest BCUT2D eigenvalue weighted by Gasteiger charge is -2.23. The minimum absolute atomic E-state index is 0.248. The fraction of sp³-hybridized carbons (Fsp3) is 0.448. The second-order valence-electron chi connectivity index (χ2n) is 10.3. The number of benzene rings is 2. The van der Waals surface area contributed by atoms with Gasteiger partial charge < -0.3 is 14.4 Å². The number of aromatic nitrogens is 3. The molecule has 1 aliphatic rings. The van der Waals surface area contributed by atoms with E-state index in [1.54, 1.807) is 18.9 Å². The van der Waals surface area contributed by atoms with Crippen LogP contribution in [0.25, 0.3) is 11.4 Å². The Morgan fingerprint density at radius 2 is 1.73 bits per heavy atom. The molecular formula is C29H38N6O2. The number of methoxy groups -OCH3 is 2. The quantitative estimate of drug-likeness (QED) is 0.344. The molecule has 0 radical (unpaired) electrons. The van der Waals surface area contributed by atoms with Crippen LogP contribution in [0.4, 0.5) is 11.4 Å². The lowest BCUT2D eigenvalue weighted by Crippen LogP contribution is -2.27. The van der Waals surface area contributed by atoms with Crippen molar-refractivity contribution in [3.05, 3.63) is 47.8 Å². The van der Waals surface area contributed by atoms with E-state index >= 15 is 0 Å². The van der Waals surface area contributed by atoms with Gasteiger partial charge in [0.15, 0.2) is 5.82 Å². The first kappa shape index (κ1) is 26.4. The molecular weight excluding hydrogens is 464 g/mol. The van der Waals surface area contributed by atoms with Crippen molar-refractivity contribution in [3.8, 4) is 22.9 Å². The summed E-state index contributed by atoms with van der Waals surface area (Å²) in [4.78, 5) is 7.52. The van der Waals surface area contributed by atoms with Gasteiger partial charge in [-0.2, -0.15) is 9.78 Å². The Labute approximate surface area is 220 Å². The Balaban J connectivity index is 1.80. The number of rotatable bonds is 9. The third-order valence-corrected chi connectivity index (χ3v) is 6.58. The predicted molar refractivity (Wildman–Crippen MR) is 151 cm³/mol. The molecule has 1 aromatic heterocycles. The van der Waals surface area contributed by atoms with Crippen LogP contribution in [0.2, 0.25) is 0 Å². The van der Waals surface area contributed by atoms with E-state index in [0.29, 0.717) is 23.1 Å². The fourth-order valence-electron chi connectivity index (χ4n) is 4.44. The van der Waals surface area contributed by atoms with Crippen molar-refractivity contribution in [2.24, 2.45) is 15.5 Å². The Kier molecular flexibility index (Phi) is 7.66. The van der Waals surface area contributed by atoms with Gasteiger partial charge in [0, 0.05) is 24.2 Å². The average molecular weight is 503 g/mol. The number of aliphatic imine (C=N–C) groups is 1. The van der Waals surface area contributed by atoms with Gasteiger partial charge >= 0.3 is 0 Å². The Bertz CT molecular complexity index is 1330. The maximum absolute atomic E-state index is 5.61. The summed E-state index contributed by atoms with van der Waals surface area (Å²) >= 11 is 0. The zero-order chi connectivity index (χ0) is 26.7. The van der Waals surface area contributed by atoms with E-state index in [4.69, 9.17) is 19.6 Å². The molecule has 8 heteroatoms. The lowest BCUT2D eigenvalue weighted by atomic mass is 9.87. The molecule has 2 aromatic carbocycles. The number of fused-ring (bicyclic) bond motifs is 1. The molecule has 8 nitrogen and oxygen atoms in total. The van der Waals surface area contributed by atoms with Crippen LogP contribution >= 0.6 is 0 Å². The highest BCUT2D eigenvalue weighted by atomic mass is 16.5. The van der Waals surface area contributed by atoms with Crippen molar-refractivity contribution in [3.63, 3.8) is 0 Å². The summed E-state index contributed by atoms with van der Waals surface area (Å²) in [6.45, 7) is 15.0. The second-order valence-corrected chi connectivity index (χ2v) is 10.3. The molecule has 0 bridgehead atoms. The van der Waals surface area contributed by atoms with Crippen LogP contribution in [0.15, 0.2) is 46.5 Å². The fourth-order valence-corrected chi connectivity index (χ4v) is 4.44. The maximum Gasteiger partial charge on any atom is 0.205 e. The number of aryl methyl sites for hydroxylation is 1. The van der Waals surface area contributed by atoms with Crippen LogP contribution in [0.5, 0.6) is 11.5 Å². The number of unbranched alkanes of at least 4 members (excludes halogenated alkanes) is 1. The van der Waals surface area contributed by atoms with Gasteiger partial charge in [-0.05, 0) is 62.2 Å². The summed E-state index contributed by atoms with van der Waals surface area (Å²) < 4.78 is 12.8. The van der Waals surface area contributed by atoms with Crippen LogP contribution < -0.4 is 14.4 Å². The third kappa shape index (κ3) is 5.24. The van der Waals surface area contributed by atoms with Crippen LogP contribution in [-0.2, 0) is 0 Å².